The molecule has 1 aromatic carbocycles. The van der Waals surface area contributed by atoms with Crippen LogP contribution < -0.4 is 0 Å². The number of likely N-dealkylation sites (N-methyl/N-ethyl adjacent to an activating group) is 1. The number of fused-ring (bicyclic) bond motifs is 1. The third-order valence-electron chi connectivity index (χ3n) is 3.70. The van der Waals surface area contributed by atoms with E-state index < -0.39 is 0 Å². The molecule has 0 saturated heterocycles. The van der Waals surface area contributed by atoms with Gasteiger partial charge in [0.15, 0.2) is 0 Å². The number of hydrogen-bond donors (Lipinski definition) is 1. The number of aromatic nitrogens is 3. The van der Waals surface area contributed by atoms with Gasteiger partial charge in [-0.25, -0.2) is 0 Å². The number of benzene rings is 1. The molecule has 1 unspecified atom stereocenters. The Morgan fingerprint density at radius 1 is 1.35 bits per heavy atom. The fourth-order valence-electron chi connectivity index (χ4n) is 2.26. The maximum absolute atomic E-state index is 5.91. The summed E-state index contributed by atoms with van der Waals surface area (Å²) in [5, 5.41) is 11.7. The third-order valence-corrected chi connectivity index (χ3v) is 3.70. The largest absolute Gasteiger partial charge is 0.459 e. The van der Waals surface area contributed by atoms with E-state index in [0.29, 0.717) is 0 Å². The molecule has 5 heteroatoms. The van der Waals surface area contributed by atoms with Gasteiger partial charge in [-0.05, 0) is 26.1 Å². The number of nitrogens with one attached hydrogen (secondary N) is 1. The Bertz CT molecular complexity index is 641. The predicted octanol–water partition coefficient (Wildman–Crippen LogP) is 2.79. The predicted molar refractivity (Wildman–Crippen MR) is 77.3 cm³/mol. The van der Waals surface area contributed by atoms with Crippen LogP contribution in [0.4, 0.5) is 0 Å². The second-order valence-electron chi connectivity index (χ2n) is 5.05. The molecule has 3 aromatic rings. The SMILES string of the molecule is CC(c1cc2ccccc2o1)N(C)CCc1cn[nH]n1. The average molecular weight is 270 g/mol. The van der Waals surface area contributed by atoms with Crippen LogP contribution in [0.2, 0.25) is 0 Å². The first-order valence-electron chi connectivity index (χ1n) is 6.77. The van der Waals surface area contributed by atoms with Crippen molar-refractivity contribution in [2.75, 3.05) is 13.6 Å². The molecule has 0 amide bonds. The smallest absolute Gasteiger partial charge is 0.134 e. The van der Waals surface area contributed by atoms with Crippen LogP contribution in [0.3, 0.4) is 0 Å². The van der Waals surface area contributed by atoms with Crippen molar-refractivity contribution in [3.8, 4) is 0 Å². The summed E-state index contributed by atoms with van der Waals surface area (Å²) in [7, 11) is 2.10. The fourth-order valence-corrected chi connectivity index (χ4v) is 2.26. The van der Waals surface area contributed by atoms with E-state index in [4.69, 9.17) is 4.42 Å². The zero-order valence-electron chi connectivity index (χ0n) is 11.7. The van der Waals surface area contributed by atoms with Gasteiger partial charge in [0.25, 0.3) is 0 Å². The number of para-hydroxylation sites is 1. The van der Waals surface area contributed by atoms with Crippen molar-refractivity contribution < 1.29 is 4.42 Å². The van der Waals surface area contributed by atoms with Gasteiger partial charge in [0.2, 0.25) is 0 Å². The minimum atomic E-state index is 0.231. The molecule has 0 fully saturated rings. The molecule has 0 aliphatic carbocycles. The van der Waals surface area contributed by atoms with Gasteiger partial charge >= 0.3 is 0 Å². The Labute approximate surface area is 117 Å². The van der Waals surface area contributed by atoms with Crippen molar-refractivity contribution in [3.63, 3.8) is 0 Å². The summed E-state index contributed by atoms with van der Waals surface area (Å²) in [4.78, 5) is 2.26. The quantitative estimate of drug-likeness (QED) is 0.774. The van der Waals surface area contributed by atoms with Gasteiger partial charge in [-0.1, -0.05) is 18.2 Å². The van der Waals surface area contributed by atoms with Crippen LogP contribution in [0.25, 0.3) is 11.0 Å². The maximum Gasteiger partial charge on any atom is 0.134 e. The van der Waals surface area contributed by atoms with E-state index in [0.717, 1.165) is 35.4 Å². The van der Waals surface area contributed by atoms with Gasteiger partial charge in [-0.2, -0.15) is 15.4 Å². The minimum Gasteiger partial charge on any atom is -0.459 e. The summed E-state index contributed by atoms with van der Waals surface area (Å²) in [5.41, 5.74) is 1.92. The van der Waals surface area contributed by atoms with E-state index >= 15 is 0 Å². The van der Waals surface area contributed by atoms with E-state index in [1.165, 1.54) is 0 Å². The van der Waals surface area contributed by atoms with Crippen molar-refractivity contribution >= 4 is 11.0 Å². The van der Waals surface area contributed by atoms with Crippen LogP contribution in [0, 0.1) is 0 Å². The van der Waals surface area contributed by atoms with Gasteiger partial charge in [-0.3, -0.25) is 4.90 Å². The molecule has 5 nitrogen and oxygen atoms in total. The first-order valence-corrected chi connectivity index (χ1v) is 6.77. The van der Waals surface area contributed by atoms with E-state index in [1.807, 2.05) is 18.2 Å². The molecule has 104 valence electrons. The monoisotopic (exact) mass is 270 g/mol. The van der Waals surface area contributed by atoms with Crippen LogP contribution in [-0.2, 0) is 6.42 Å². The van der Waals surface area contributed by atoms with E-state index in [2.05, 4.69) is 46.4 Å². The molecule has 1 atom stereocenters. The summed E-state index contributed by atoms with van der Waals surface area (Å²) in [5.74, 6) is 0.994. The Morgan fingerprint density at radius 2 is 2.20 bits per heavy atom. The maximum atomic E-state index is 5.91. The zero-order chi connectivity index (χ0) is 13.9. The lowest BCUT2D eigenvalue weighted by atomic mass is 10.2. The lowest BCUT2D eigenvalue weighted by Gasteiger charge is -2.22. The molecule has 1 N–H and O–H groups in total. The van der Waals surface area contributed by atoms with Gasteiger partial charge in [-0.15, -0.1) is 0 Å². The second kappa shape index (κ2) is 5.46. The number of hydrogen-bond acceptors (Lipinski definition) is 4. The number of furan rings is 1. The fraction of sp³-hybridized carbons (Fsp3) is 0.333. The van der Waals surface area contributed by atoms with Gasteiger partial charge < -0.3 is 4.42 Å². The third kappa shape index (κ3) is 2.58. The summed E-state index contributed by atoms with van der Waals surface area (Å²) in [6.45, 7) is 3.06. The average Bonchev–Trinajstić information content (AvgIpc) is 3.12. The molecule has 0 radical (unpaired) electrons. The zero-order valence-corrected chi connectivity index (χ0v) is 11.7. The molecule has 0 aliphatic rings. The molecule has 0 bridgehead atoms. The Morgan fingerprint density at radius 3 is 2.95 bits per heavy atom. The van der Waals surface area contributed by atoms with Crippen molar-refractivity contribution in [1.29, 1.82) is 0 Å². The lowest BCUT2D eigenvalue weighted by Crippen LogP contribution is -2.24. The molecule has 2 aromatic heterocycles. The molecular weight excluding hydrogens is 252 g/mol. The molecule has 0 saturated carbocycles. The summed E-state index contributed by atoms with van der Waals surface area (Å²) in [6, 6.07) is 10.4. The number of rotatable bonds is 5. The second-order valence-corrected chi connectivity index (χ2v) is 5.05. The van der Waals surface area contributed by atoms with Gasteiger partial charge in [0.05, 0.1) is 17.9 Å². The van der Waals surface area contributed by atoms with Crippen molar-refractivity contribution in [2.45, 2.75) is 19.4 Å². The standard InChI is InChI=1S/C15H18N4O/c1-11(19(2)8-7-13-10-16-18-17-13)15-9-12-5-3-4-6-14(12)20-15/h3-6,9-11H,7-8H2,1-2H3,(H,16,17,18). The molecule has 0 aliphatic heterocycles. The molecule has 3 rings (SSSR count). The molecule has 0 spiro atoms. The number of nitrogens with zero attached hydrogens (tertiary/aromatic N) is 3. The number of aromatic amines is 1. The van der Waals surface area contributed by atoms with Crippen LogP contribution in [-0.4, -0.2) is 33.9 Å². The van der Waals surface area contributed by atoms with Crippen LogP contribution >= 0.6 is 0 Å². The summed E-state index contributed by atoms with van der Waals surface area (Å²) in [6.07, 6.45) is 2.64. The first-order chi connectivity index (χ1) is 9.74. The molecule has 20 heavy (non-hydrogen) atoms. The van der Waals surface area contributed by atoms with Crippen LogP contribution in [0.5, 0.6) is 0 Å². The van der Waals surface area contributed by atoms with Crippen molar-refractivity contribution in [3.05, 3.63) is 48.0 Å². The van der Waals surface area contributed by atoms with E-state index in [1.54, 1.807) is 6.20 Å². The molecule has 2 heterocycles. The Hall–Kier alpha value is -2.14. The number of H-pyrrole nitrogens is 1. The first kappa shape index (κ1) is 12.9. The minimum absolute atomic E-state index is 0.231. The Balaban J connectivity index is 1.69. The van der Waals surface area contributed by atoms with Crippen molar-refractivity contribution in [1.82, 2.24) is 20.3 Å². The summed E-state index contributed by atoms with van der Waals surface area (Å²) < 4.78 is 5.91. The van der Waals surface area contributed by atoms with Crippen LogP contribution in [0.1, 0.15) is 24.4 Å². The van der Waals surface area contributed by atoms with Gasteiger partial charge in [0, 0.05) is 18.4 Å². The highest BCUT2D eigenvalue weighted by atomic mass is 16.3. The van der Waals surface area contributed by atoms with Crippen LogP contribution in [0.15, 0.2) is 40.9 Å². The normalized spacial score (nSPS) is 13.2. The van der Waals surface area contributed by atoms with E-state index in [-0.39, 0.29) is 6.04 Å². The lowest BCUT2D eigenvalue weighted by molar-refractivity contribution is 0.236. The highest BCUT2D eigenvalue weighted by molar-refractivity contribution is 5.77. The van der Waals surface area contributed by atoms with Gasteiger partial charge in [0.1, 0.15) is 11.3 Å². The van der Waals surface area contributed by atoms with Crippen molar-refractivity contribution in [2.24, 2.45) is 0 Å². The highest BCUT2D eigenvalue weighted by Crippen LogP contribution is 2.26. The van der Waals surface area contributed by atoms with E-state index in [9.17, 15) is 0 Å². The highest BCUT2D eigenvalue weighted by Gasteiger charge is 2.16. The Kier molecular flexibility index (Phi) is 3.52. The molecular formula is C15H18N4O. The topological polar surface area (TPSA) is 58.0 Å². The summed E-state index contributed by atoms with van der Waals surface area (Å²) >= 11 is 0.